The Bertz CT molecular complexity index is 982. The maximum absolute atomic E-state index is 12.9. The van der Waals surface area contributed by atoms with Crippen molar-refractivity contribution in [1.82, 2.24) is 4.98 Å². The number of anilines is 1. The van der Waals surface area contributed by atoms with Gasteiger partial charge in [-0.15, -0.1) is 6.58 Å². The van der Waals surface area contributed by atoms with E-state index in [-0.39, 0.29) is 12.3 Å². The summed E-state index contributed by atoms with van der Waals surface area (Å²) < 4.78 is 0. The minimum atomic E-state index is -1.60. The van der Waals surface area contributed by atoms with Crippen LogP contribution in [-0.2, 0) is 16.8 Å². The van der Waals surface area contributed by atoms with Crippen LogP contribution >= 0.6 is 0 Å². The van der Waals surface area contributed by atoms with Gasteiger partial charge in [0, 0.05) is 29.6 Å². The zero-order valence-corrected chi connectivity index (χ0v) is 13.7. The summed E-state index contributed by atoms with van der Waals surface area (Å²) >= 11 is 0. The van der Waals surface area contributed by atoms with Crippen molar-refractivity contribution in [2.24, 2.45) is 0 Å². The largest absolute Gasteiger partial charge is 0.375 e. The number of carbonyl (C=O) groups is 1. The van der Waals surface area contributed by atoms with Crippen molar-refractivity contribution in [3.8, 4) is 0 Å². The van der Waals surface area contributed by atoms with Crippen molar-refractivity contribution in [3.05, 3.63) is 84.6 Å². The highest BCUT2D eigenvalue weighted by Crippen LogP contribution is 2.41. The quantitative estimate of drug-likeness (QED) is 0.748. The number of aromatic nitrogens is 1. The summed E-state index contributed by atoms with van der Waals surface area (Å²) in [5, 5.41) is 12.3. The van der Waals surface area contributed by atoms with Gasteiger partial charge in [-0.3, -0.25) is 9.78 Å². The molecule has 0 saturated carbocycles. The molecule has 0 spiro atoms. The third-order valence-electron chi connectivity index (χ3n) is 4.64. The third-order valence-corrected chi connectivity index (χ3v) is 4.64. The number of amides is 1. The highest BCUT2D eigenvalue weighted by molar-refractivity contribution is 6.07. The molecule has 124 valence electrons. The number of aliphatic hydroxyl groups is 1. The normalized spacial score (nSPS) is 19.2. The molecule has 0 aliphatic carbocycles. The van der Waals surface area contributed by atoms with Crippen LogP contribution in [0.15, 0.2) is 73.3 Å². The summed E-state index contributed by atoms with van der Waals surface area (Å²) in [6.07, 6.45) is 1.80. The number of hydrogen-bond acceptors (Lipinski definition) is 3. The number of nitrogens with zero attached hydrogens (tertiary/aromatic N) is 2. The second-order valence-electron chi connectivity index (χ2n) is 6.25. The first-order valence-electron chi connectivity index (χ1n) is 8.23. The molecule has 1 aliphatic heterocycles. The maximum Gasteiger partial charge on any atom is 0.264 e. The summed E-state index contributed by atoms with van der Waals surface area (Å²) in [7, 11) is 0. The molecule has 1 N–H and O–H groups in total. The minimum Gasteiger partial charge on any atom is -0.375 e. The van der Waals surface area contributed by atoms with E-state index in [4.69, 9.17) is 0 Å². The lowest BCUT2D eigenvalue weighted by atomic mass is 9.90. The third kappa shape index (κ3) is 2.42. The minimum absolute atomic E-state index is 0.140. The molecule has 0 saturated heterocycles. The topological polar surface area (TPSA) is 53.4 Å². The van der Waals surface area contributed by atoms with Gasteiger partial charge in [-0.1, -0.05) is 48.5 Å². The second kappa shape index (κ2) is 5.83. The van der Waals surface area contributed by atoms with Crippen LogP contribution in [0.2, 0.25) is 0 Å². The highest BCUT2D eigenvalue weighted by atomic mass is 16.3. The number of hydrogen-bond donors (Lipinski definition) is 1. The Hall–Kier alpha value is -2.98. The van der Waals surface area contributed by atoms with Gasteiger partial charge in [0.1, 0.15) is 0 Å². The van der Waals surface area contributed by atoms with Crippen molar-refractivity contribution in [1.29, 1.82) is 0 Å². The summed E-state index contributed by atoms with van der Waals surface area (Å²) in [6.45, 7) is 4.07. The molecule has 1 aliphatic rings. The molecule has 4 rings (SSSR count). The Balaban J connectivity index is 1.77. The monoisotopic (exact) mass is 330 g/mol. The molecule has 2 heterocycles. The van der Waals surface area contributed by atoms with Gasteiger partial charge in [-0.05, 0) is 18.2 Å². The number of para-hydroxylation sites is 2. The molecular formula is C21H18N2O2. The zero-order valence-electron chi connectivity index (χ0n) is 13.7. The first-order valence-corrected chi connectivity index (χ1v) is 8.23. The molecule has 1 aromatic heterocycles. The molecule has 2 aromatic carbocycles. The van der Waals surface area contributed by atoms with E-state index in [9.17, 15) is 9.90 Å². The summed E-state index contributed by atoms with van der Waals surface area (Å²) in [5.41, 5.74) is 1.29. The number of pyridine rings is 1. The Labute approximate surface area is 146 Å². The van der Waals surface area contributed by atoms with Gasteiger partial charge in [0.2, 0.25) is 0 Å². The van der Waals surface area contributed by atoms with E-state index in [2.05, 4.69) is 11.6 Å². The van der Waals surface area contributed by atoms with Crippen molar-refractivity contribution in [2.45, 2.75) is 12.0 Å². The van der Waals surface area contributed by atoms with Gasteiger partial charge in [0.15, 0.2) is 5.60 Å². The van der Waals surface area contributed by atoms with Crippen LogP contribution in [0.25, 0.3) is 10.9 Å². The van der Waals surface area contributed by atoms with E-state index in [1.54, 1.807) is 17.0 Å². The van der Waals surface area contributed by atoms with Crippen molar-refractivity contribution in [2.75, 3.05) is 11.4 Å². The maximum atomic E-state index is 12.9. The van der Waals surface area contributed by atoms with Gasteiger partial charge in [0.05, 0.1) is 11.2 Å². The SMILES string of the molecule is C=CCN1C(=O)C(O)(Cc2ccc3ccccc3n2)c2ccccc21. The molecule has 4 nitrogen and oxygen atoms in total. The standard InChI is InChI=1S/C21H18N2O2/c1-2-13-23-19-10-6-4-8-17(19)21(25,20(23)24)14-16-12-11-15-7-3-5-9-18(15)22-16/h2-12,25H,1,13-14H2. The van der Waals surface area contributed by atoms with Gasteiger partial charge in [-0.25, -0.2) is 0 Å². The molecular weight excluding hydrogens is 312 g/mol. The second-order valence-corrected chi connectivity index (χ2v) is 6.25. The van der Waals surface area contributed by atoms with Crippen molar-refractivity contribution >= 4 is 22.5 Å². The van der Waals surface area contributed by atoms with E-state index in [0.29, 0.717) is 17.8 Å². The van der Waals surface area contributed by atoms with Crippen LogP contribution in [0.1, 0.15) is 11.3 Å². The summed E-state index contributed by atoms with van der Waals surface area (Å²) in [4.78, 5) is 19.1. The van der Waals surface area contributed by atoms with E-state index in [1.807, 2.05) is 54.6 Å². The molecule has 4 heteroatoms. The van der Waals surface area contributed by atoms with Crippen molar-refractivity contribution < 1.29 is 9.90 Å². The van der Waals surface area contributed by atoms with Crippen LogP contribution in [0.4, 0.5) is 5.69 Å². The molecule has 0 radical (unpaired) electrons. The smallest absolute Gasteiger partial charge is 0.264 e. The fraction of sp³-hybridized carbons (Fsp3) is 0.143. The molecule has 3 aromatic rings. The molecule has 0 fully saturated rings. The van der Waals surface area contributed by atoms with Gasteiger partial charge in [-0.2, -0.15) is 0 Å². The van der Waals surface area contributed by atoms with Crippen LogP contribution in [0.3, 0.4) is 0 Å². The number of rotatable bonds is 4. The lowest BCUT2D eigenvalue weighted by Gasteiger charge is -2.22. The first kappa shape index (κ1) is 15.5. The van der Waals surface area contributed by atoms with Gasteiger partial charge >= 0.3 is 0 Å². The predicted molar refractivity (Wildman–Crippen MR) is 98.3 cm³/mol. The molecule has 1 unspecified atom stereocenters. The lowest BCUT2D eigenvalue weighted by molar-refractivity contribution is -0.135. The Kier molecular flexibility index (Phi) is 3.62. The first-order chi connectivity index (χ1) is 12.1. The Morgan fingerprint density at radius 1 is 1.08 bits per heavy atom. The van der Waals surface area contributed by atoms with E-state index in [0.717, 1.165) is 16.6 Å². The summed E-state index contributed by atoms with van der Waals surface area (Å²) in [5.74, 6) is -0.330. The van der Waals surface area contributed by atoms with E-state index >= 15 is 0 Å². The average molecular weight is 330 g/mol. The van der Waals surface area contributed by atoms with Crippen LogP contribution < -0.4 is 4.90 Å². The fourth-order valence-corrected chi connectivity index (χ4v) is 3.46. The zero-order chi connectivity index (χ0) is 17.4. The molecule has 0 bridgehead atoms. The van der Waals surface area contributed by atoms with Crippen LogP contribution in [-0.4, -0.2) is 22.5 Å². The van der Waals surface area contributed by atoms with Crippen molar-refractivity contribution in [3.63, 3.8) is 0 Å². The number of carbonyl (C=O) groups excluding carboxylic acids is 1. The number of benzene rings is 2. The predicted octanol–water partition coefficient (Wildman–Crippen LogP) is 3.20. The Morgan fingerprint density at radius 2 is 1.84 bits per heavy atom. The highest BCUT2D eigenvalue weighted by Gasteiger charge is 2.49. The average Bonchev–Trinajstić information content (AvgIpc) is 2.84. The van der Waals surface area contributed by atoms with E-state index in [1.165, 1.54) is 0 Å². The van der Waals surface area contributed by atoms with Gasteiger partial charge in [0.25, 0.3) is 5.91 Å². The number of fused-ring (bicyclic) bond motifs is 2. The van der Waals surface area contributed by atoms with E-state index < -0.39 is 5.60 Å². The molecule has 25 heavy (non-hydrogen) atoms. The molecule has 1 amide bonds. The molecule has 1 atom stereocenters. The lowest BCUT2D eigenvalue weighted by Crippen LogP contribution is -2.42. The van der Waals surface area contributed by atoms with Gasteiger partial charge < -0.3 is 10.0 Å². The fourth-order valence-electron chi connectivity index (χ4n) is 3.46. The van der Waals surface area contributed by atoms with Crippen LogP contribution in [0.5, 0.6) is 0 Å². The Morgan fingerprint density at radius 3 is 2.68 bits per heavy atom. The summed E-state index contributed by atoms with van der Waals surface area (Å²) in [6, 6.07) is 19.0. The van der Waals surface area contributed by atoms with Crippen LogP contribution in [0, 0.1) is 0 Å².